The molecule has 2 aliphatic heterocycles. The Morgan fingerprint density at radius 2 is 2.03 bits per heavy atom. The number of sulfonamides is 1. The number of hydrogen-bond donors (Lipinski definition) is 1. The number of morpholine rings is 1. The average molecular weight is 508 g/mol. The van der Waals surface area contributed by atoms with Crippen molar-refractivity contribution in [2.45, 2.75) is 44.9 Å². The van der Waals surface area contributed by atoms with Crippen molar-refractivity contribution in [3.05, 3.63) is 21.3 Å². The first-order chi connectivity index (χ1) is 15.2. The number of hydrogen-bond acceptors (Lipinski definition) is 7. The molecule has 2 saturated heterocycles. The van der Waals surface area contributed by atoms with Gasteiger partial charge in [-0.2, -0.15) is 0 Å². The third-order valence-electron chi connectivity index (χ3n) is 5.38. The number of aryl methyl sites for hydroxylation is 1. The van der Waals surface area contributed by atoms with Crippen LogP contribution in [0.3, 0.4) is 0 Å². The first kappa shape index (κ1) is 25.4. The fourth-order valence-corrected chi connectivity index (χ4v) is 6.17. The van der Waals surface area contributed by atoms with E-state index in [0.29, 0.717) is 43.5 Å². The molecule has 2 amide bonds. The zero-order valence-corrected chi connectivity index (χ0v) is 20.7. The number of carbonyl (C=O) groups excluding carboxylic acids is 2. The Bertz CT molecular complexity index is 901. The molecule has 0 unspecified atom stereocenters. The van der Waals surface area contributed by atoms with E-state index in [0.717, 1.165) is 4.88 Å². The Balaban J connectivity index is 1.63. The summed E-state index contributed by atoms with van der Waals surface area (Å²) < 4.78 is 39.2. The largest absolute Gasteiger partial charge is 0.378 e. The predicted molar refractivity (Wildman–Crippen MR) is 122 cm³/mol. The van der Waals surface area contributed by atoms with Crippen molar-refractivity contribution in [3.8, 4) is 0 Å². The van der Waals surface area contributed by atoms with Crippen LogP contribution in [0.1, 0.15) is 25.1 Å². The van der Waals surface area contributed by atoms with Crippen LogP contribution in [0.5, 0.6) is 0 Å². The van der Waals surface area contributed by atoms with Crippen LogP contribution in [0, 0.1) is 0 Å². The second-order valence-electron chi connectivity index (χ2n) is 8.10. The minimum absolute atomic E-state index is 0.0677. The molecule has 2 fully saturated rings. The van der Waals surface area contributed by atoms with E-state index in [2.05, 4.69) is 4.72 Å². The number of thiophene rings is 1. The van der Waals surface area contributed by atoms with Crippen LogP contribution in [-0.2, 0) is 35.5 Å². The topological polar surface area (TPSA) is 105 Å². The van der Waals surface area contributed by atoms with Gasteiger partial charge in [-0.3, -0.25) is 9.59 Å². The van der Waals surface area contributed by atoms with E-state index in [4.69, 9.17) is 21.1 Å². The van der Waals surface area contributed by atoms with Gasteiger partial charge in [0, 0.05) is 24.5 Å². The molecule has 12 heteroatoms. The summed E-state index contributed by atoms with van der Waals surface area (Å²) in [6, 6.07) is 1.85. The smallest absolute Gasteiger partial charge is 0.247 e. The predicted octanol–water partition coefficient (Wildman–Crippen LogP) is 1.12. The first-order valence-electron chi connectivity index (χ1n) is 10.7. The van der Waals surface area contributed by atoms with E-state index in [9.17, 15) is 18.0 Å². The van der Waals surface area contributed by atoms with Crippen molar-refractivity contribution < 1.29 is 27.5 Å². The van der Waals surface area contributed by atoms with Crippen LogP contribution >= 0.6 is 22.9 Å². The molecule has 0 saturated carbocycles. The highest BCUT2D eigenvalue weighted by molar-refractivity contribution is 7.89. The first-order valence-corrected chi connectivity index (χ1v) is 13.5. The summed E-state index contributed by atoms with van der Waals surface area (Å²) in [7, 11) is -3.68. The van der Waals surface area contributed by atoms with E-state index in [1.165, 1.54) is 16.2 Å². The zero-order valence-electron chi connectivity index (χ0n) is 18.3. The SMILES string of the molecule is CC(C)OC[C@@H](C(=O)N1CCOCC1)N1CC[C@H](NS(=O)(=O)CCc2ccc(Cl)s2)C1=O. The van der Waals surface area contributed by atoms with E-state index in [1.807, 2.05) is 13.8 Å². The Labute approximate surface area is 198 Å². The quantitative estimate of drug-likeness (QED) is 0.508. The third kappa shape index (κ3) is 6.88. The van der Waals surface area contributed by atoms with Crippen LogP contribution in [-0.4, -0.2) is 93.4 Å². The summed E-state index contributed by atoms with van der Waals surface area (Å²) in [6.45, 7) is 5.90. The number of nitrogens with one attached hydrogen (secondary N) is 1. The molecule has 0 bridgehead atoms. The highest BCUT2D eigenvalue weighted by Gasteiger charge is 2.42. The van der Waals surface area contributed by atoms with Gasteiger partial charge in [-0.25, -0.2) is 13.1 Å². The van der Waals surface area contributed by atoms with E-state index in [1.54, 1.807) is 17.0 Å². The van der Waals surface area contributed by atoms with Gasteiger partial charge in [0.1, 0.15) is 12.1 Å². The lowest BCUT2D eigenvalue weighted by Crippen LogP contribution is -2.55. The lowest BCUT2D eigenvalue weighted by Gasteiger charge is -2.34. The Morgan fingerprint density at radius 3 is 2.66 bits per heavy atom. The number of ether oxygens (including phenoxy) is 2. The van der Waals surface area contributed by atoms with Gasteiger partial charge in [0.2, 0.25) is 21.8 Å². The molecule has 32 heavy (non-hydrogen) atoms. The van der Waals surface area contributed by atoms with Crippen molar-refractivity contribution in [3.63, 3.8) is 0 Å². The van der Waals surface area contributed by atoms with Crippen LogP contribution in [0.4, 0.5) is 0 Å². The maximum Gasteiger partial charge on any atom is 0.247 e. The average Bonchev–Trinajstić information content (AvgIpc) is 3.33. The number of amides is 2. The number of carbonyl (C=O) groups is 2. The Hall–Kier alpha value is -1.24. The number of nitrogens with zero attached hydrogens (tertiary/aromatic N) is 2. The molecular weight excluding hydrogens is 478 g/mol. The fourth-order valence-electron chi connectivity index (χ4n) is 3.69. The molecule has 0 aromatic carbocycles. The summed E-state index contributed by atoms with van der Waals surface area (Å²) in [4.78, 5) is 30.2. The van der Waals surface area contributed by atoms with E-state index in [-0.39, 0.29) is 30.9 Å². The Morgan fingerprint density at radius 1 is 1.31 bits per heavy atom. The highest BCUT2D eigenvalue weighted by Crippen LogP contribution is 2.23. The normalized spacial score (nSPS) is 20.9. The molecule has 2 atom stereocenters. The van der Waals surface area contributed by atoms with Crippen LogP contribution in [0.25, 0.3) is 0 Å². The molecule has 180 valence electrons. The number of halogens is 1. The molecule has 9 nitrogen and oxygen atoms in total. The van der Waals surface area contributed by atoms with Gasteiger partial charge in [-0.1, -0.05) is 11.6 Å². The minimum atomic E-state index is -3.68. The fraction of sp³-hybridized carbons (Fsp3) is 0.700. The zero-order chi connectivity index (χ0) is 23.3. The van der Waals surface area contributed by atoms with Crippen LogP contribution < -0.4 is 4.72 Å². The molecule has 3 rings (SSSR count). The lowest BCUT2D eigenvalue weighted by atomic mass is 10.2. The maximum atomic E-state index is 13.1. The monoisotopic (exact) mass is 507 g/mol. The minimum Gasteiger partial charge on any atom is -0.378 e. The lowest BCUT2D eigenvalue weighted by molar-refractivity contribution is -0.150. The number of likely N-dealkylation sites (tertiary alicyclic amines) is 1. The van der Waals surface area contributed by atoms with Crippen LogP contribution in [0.15, 0.2) is 12.1 Å². The summed E-state index contributed by atoms with van der Waals surface area (Å²) >= 11 is 7.23. The molecule has 1 aromatic rings. The van der Waals surface area contributed by atoms with E-state index < -0.39 is 28.0 Å². The maximum absolute atomic E-state index is 13.1. The molecule has 1 aromatic heterocycles. The molecule has 2 aliphatic rings. The van der Waals surface area contributed by atoms with Gasteiger partial charge in [-0.15, -0.1) is 11.3 Å². The molecule has 0 spiro atoms. The Kier molecular flexibility index (Phi) is 8.93. The van der Waals surface area contributed by atoms with Crippen molar-refractivity contribution in [2.75, 3.05) is 45.2 Å². The summed E-state index contributed by atoms with van der Waals surface area (Å²) in [5.74, 6) is -0.729. The van der Waals surface area contributed by atoms with Gasteiger partial charge in [-0.05, 0) is 38.8 Å². The van der Waals surface area contributed by atoms with Crippen molar-refractivity contribution in [1.29, 1.82) is 0 Å². The van der Waals surface area contributed by atoms with E-state index >= 15 is 0 Å². The molecule has 3 heterocycles. The van der Waals surface area contributed by atoms with Gasteiger partial charge in [0.05, 0.1) is 36.0 Å². The summed E-state index contributed by atoms with van der Waals surface area (Å²) in [6.07, 6.45) is 0.516. The van der Waals surface area contributed by atoms with Crippen molar-refractivity contribution in [1.82, 2.24) is 14.5 Å². The molecule has 0 radical (unpaired) electrons. The molecule has 1 N–H and O–H groups in total. The van der Waals surface area contributed by atoms with Crippen molar-refractivity contribution in [2.24, 2.45) is 0 Å². The summed E-state index contributed by atoms with van der Waals surface area (Å²) in [5, 5.41) is 0. The summed E-state index contributed by atoms with van der Waals surface area (Å²) in [5.41, 5.74) is 0. The van der Waals surface area contributed by atoms with Gasteiger partial charge < -0.3 is 19.3 Å². The second kappa shape index (κ2) is 11.3. The van der Waals surface area contributed by atoms with Gasteiger partial charge in [0.15, 0.2) is 0 Å². The molecular formula is C20H30ClN3O6S2. The van der Waals surface area contributed by atoms with Crippen LogP contribution in [0.2, 0.25) is 4.34 Å². The highest BCUT2D eigenvalue weighted by atomic mass is 35.5. The van der Waals surface area contributed by atoms with Gasteiger partial charge >= 0.3 is 0 Å². The molecule has 0 aliphatic carbocycles. The number of rotatable bonds is 10. The third-order valence-corrected chi connectivity index (χ3v) is 8.06. The van der Waals surface area contributed by atoms with Crippen molar-refractivity contribution >= 4 is 44.8 Å². The van der Waals surface area contributed by atoms with Gasteiger partial charge in [0.25, 0.3) is 0 Å². The standard InChI is InChI=1S/C20H30ClN3O6S2/c1-14(2)30-13-17(20(26)23-8-10-29-11-9-23)24-7-5-16(19(24)25)22-32(27,28)12-6-15-3-4-18(21)31-15/h3-4,14,16-17,22H,5-13H2,1-2H3/t16-,17-/m0/s1. The second-order valence-corrected chi connectivity index (χ2v) is 11.8.